The molecule has 2 N–H and O–H groups in total. The molecule has 1 aliphatic rings. The highest BCUT2D eigenvalue weighted by Gasteiger charge is 2.20. The van der Waals surface area contributed by atoms with Crippen molar-refractivity contribution in [3.63, 3.8) is 0 Å². The number of nitrogens with one attached hydrogen (secondary N) is 2. The lowest BCUT2D eigenvalue weighted by Crippen LogP contribution is -2.25. The maximum atomic E-state index is 12.1. The Bertz CT molecular complexity index is 524. The van der Waals surface area contributed by atoms with Crippen LogP contribution in [0, 0.1) is 0 Å². The van der Waals surface area contributed by atoms with Crippen LogP contribution in [0.15, 0.2) is 29.2 Å². The lowest BCUT2D eigenvalue weighted by atomic mass is 10.2. The number of sulfonamides is 1. The normalized spacial score (nSPS) is 15.3. The van der Waals surface area contributed by atoms with Crippen molar-refractivity contribution in [2.45, 2.75) is 43.7 Å². The second kappa shape index (κ2) is 7.89. The first-order valence-electron chi connectivity index (χ1n) is 7.51. The maximum absolute atomic E-state index is 12.1. The molecule has 0 bridgehead atoms. The molecule has 1 fully saturated rings. The zero-order valence-electron chi connectivity index (χ0n) is 12.5. The van der Waals surface area contributed by atoms with E-state index in [1.165, 1.54) is 12.8 Å². The van der Waals surface area contributed by atoms with Crippen molar-refractivity contribution in [2.24, 2.45) is 0 Å². The molecule has 1 aliphatic carbocycles. The average Bonchev–Trinajstić information content (AvgIpc) is 3.29. The van der Waals surface area contributed by atoms with Crippen LogP contribution < -0.4 is 10.0 Å². The third-order valence-electron chi connectivity index (χ3n) is 3.37. The van der Waals surface area contributed by atoms with Gasteiger partial charge in [-0.25, -0.2) is 13.1 Å². The molecule has 5 nitrogen and oxygen atoms in total. The van der Waals surface area contributed by atoms with Crippen LogP contribution in [0.2, 0.25) is 0 Å². The standard InChI is InChI=1S/C15H24N2O3S/c1-2-20-11-3-10-17-21(18,19)15-8-4-13(5-9-15)12-16-14-6-7-14/h4-5,8-9,14,16-17H,2-3,6-7,10-12H2,1H3. The highest BCUT2D eigenvalue weighted by atomic mass is 32.2. The summed E-state index contributed by atoms with van der Waals surface area (Å²) in [6, 6.07) is 7.71. The molecule has 0 spiro atoms. The van der Waals surface area contributed by atoms with E-state index in [0.717, 1.165) is 12.1 Å². The molecular weight excluding hydrogens is 288 g/mol. The first-order chi connectivity index (χ1) is 10.1. The smallest absolute Gasteiger partial charge is 0.240 e. The zero-order chi connectivity index (χ0) is 15.1. The summed E-state index contributed by atoms with van der Waals surface area (Å²) in [7, 11) is -3.41. The maximum Gasteiger partial charge on any atom is 0.240 e. The molecule has 2 rings (SSSR count). The Hall–Kier alpha value is -0.950. The van der Waals surface area contributed by atoms with E-state index >= 15 is 0 Å². The Kier molecular flexibility index (Phi) is 6.17. The van der Waals surface area contributed by atoms with Crippen LogP contribution in [0.3, 0.4) is 0 Å². The number of hydrogen-bond donors (Lipinski definition) is 2. The third-order valence-corrected chi connectivity index (χ3v) is 4.84. The largest absolute Gasteiger partial charge is 0.382 e. The lowest BCUT2D eigenvalue weighted by molar-refractivity contribution is 0.146. The number of benzene rings is 1. The van der Waals surface area contributed by atoms with E-state index in [0.29, 0.717) is 37.1 Å². The monoisotopic (exact) mass is 312 g/mol. The summed E-state index contributed by atoms with van der Waals surface area (Å²) in [6.07, 6.45) is 3.17. The van der Waals surface area contributed by atoms with E-state index in [1.807, 2.05) is 19.1 Å². The Morgan fingerprint density at radius 2 is 1.95 bits per heavy atom. The predicted molar refractivity (Wildman–Crippen MR) is 82.6 cm³/mol. The molecule has 0 atom stereocenters. The third kappa shape index (κ3) is 5.74. The van der Waals surface area contributed by atoms with Crippen molar-refractivity contribution in [2.75, 3.05) is 19.8 Å². The van der Waals surface area contributed by atoms with Gasteiger partial charge in [-0.3, -0.25) is 0 Å². The molecule has 1 aromatic rings. The topological polar surface area (TPSA) is 67.4 Å². The zero-order valence-corrected chi connectivity index (χ0v) is 13.3. The van der Waals surface area contributed by atoms with Crippen molar-refractivity contribution >= 4 is 10.0 Å². The van der Waals surface area contributed by atoms with Crippen molar-refractivity contribution in [3.05, 3.63) is 29.8 Å². The summed E-state index contributed by atoms with van der Waals surface area (Å²) in [4.78, 5) is 0.314. The number of hydrogen-bond acceptors (Lipinski definition) is 4. The van der Waals surface area contributed by atoms with E-state index in [1.54, 1.807) is 12.1 Å². The van der Waals surface area contributed by atoms with Crippen LogP contribution in [0.25, 0.3) is 0 Å². The lowest BCUT2D eigenvalue weighted by Gasteiger charge is -2.08. The molecular formula is C15H24N2O3S. The molecule has 0 aromatic heterocycles. The molecule has 118 valence electrons. The van der Waals surface area contributed by atoms with Gasteiger partial charge < -0.3 is 10.1 Å². The van der Waals surface area contributed by atoms with E-state index < -0.39 is 10.0 Å². The first-order valence-corrected chi connectivity index (χ1v) is 9.00. The predicted octanol–water partition coefficient (Wildman–Crippen LogP) is 1.64. The molecule has 1 saturated carbocycles. The summed E-state index contributed by atoms with van der Waals surface area (Å²) in [5, 5.41) is 3.41. The number of ether oxygens (including phenoxy) is 1. The molecule has 0 radical (unpaired) electrons. The van der Waals surface area contributed by atoms with E-state index in [4.69, 9.17) is 4.74 Å². The van der Waals surface area contributed by atoms with E-state index in [-0.39, 0.29) is 0 Å². The van der Waals surface area contributed by atoms with Crippen molar-refractivity contribution < 1.29 is 13.2 Å². The van der Waals surface area contributed by atoms with Gasteiger partial charge in [0, 0.05) is 32.3 Å². The van der Waals surface area contributed by atoms with Crippen molar-refractivity contribution in [1.82, 2.24) is 10.0 Å². The molecule has 0 heterocycles. The van der Waals surface area contributed by atoms with Gasteiger partial charge in [0.1, 0.15) is 0 Å². The Labute approximate surface area is 127 Å². The van der Waals surface area contributed by atoms with Crippen molar-refractivity contribution in [3.8, 4) is 0 Å². The van der Waals surface area contributed by atoms with Crippen LogP contribution in [0.5, 0.6) is 0 Å². The van der Waals surface area contributed by atoms with Gasteiger partial charge in [0.05, 0.1) is 4.90 Å². The summed E-state index contributed by atoms with van der Waals surface area (Å²) >= 11 is 0. The van der Waals surface area contributed by atoms with Crippen molar-refractivity contribution in [1.29, 1.82) is 0 Å². The van der Waals surface area contributed by atoms with Crippen LogP contribution in [-0.4, -0.2) is 34.2 Å². The Morgan fingerprint density at radius 3 is 2.57 bits per heavy atom. The van der Waals surface area contributed by atoms with Gasteiger partial charge in [-0.05, 0) is 43.9 Å². The molecule has 0 saturated heterocycles. The molecule has 0 amide bonds. The SMILES string of the molecule is CCOCCCNS(=O)(=O)c1ccc(CNC2CC2)cc1. The molecule has 21 heavy (non-hydrogen) atoms. The fraction of sp³-hybridized carbons (Fsp3) is 0.600. The number of rotatable bonds is 10. The van der Waals surface area contributed by atoms with Gasteiger partial charge in [0.2, 0.25) is 10.0 Å². The molecule has 0 unspecified atom stereocenters. The van der Waals surface area contributed by atoms with Crippen LogP contribution in [0.4, 0.5) is 0 Å². The van der Waals surface area contributed by atoms with E-state index in [9.17, 15) is 8.42 Å². The average molecular weight is 312 g/mol. The van der Waals surface area contributed by atoms with Gasteiger partial charge in [-0.15, -0.1) is 0 Å². The van der Waals surface area contributed by atoms with Crippen LogP contribution in [0.1, 0.15) is 31.7 Å². The van der Waals surface area contributed by atoms with Crippen LogP contribution >= 0.6 is 0 Å². The fourth-order valence-electron chi connectivity index (χ4n) is 1.94. The molecule has 6 heteroatoms. The Balaban J connectivity index is 1.80. The minimum Gasteiger partial charge on any atom is -0.382 e. The summed E-state index contributed by atoms with van der Waals surface area (Å²) in [6.45, 7) is 4.35. The quantitative estimate of drug-likeness (QED) is 0.645. The summed E-state index contributed by atoms with van der Waals surface area (Å²) in [5.74, 6) is 0. The highest BCUT2D eigenvalue weighted by molar-refractivity contribution is 7.89. The van der Waals surface area contributed by atoms with Gasteiger partial charge in [0.25, 0.3) is 0 Å². The van der Waals surface area contributed by atoms with E-state index in [2.05, 4.69) is 10.0 Å². The van der Waals surface area contributed by atoms with Crippen LogP contribution in [-0.2, 0) is 21.3 Å². The molecule has 0 aliphatic heterocycles. The second-order valence-corrected chi connectivity index (χ2v) is 7.01. The first kappa shape index (κ1) is 16.4. The van der Waals surface area contributed by atoms with Gasteiger partial charge in [-0.1, -0.05) is 12.1 Å². The highest BCUT2D eigenvalue weighted by Crippen LogP contribution is 2.19. The Morgan fingerprint density at radius 1 is 1.24 bits per heavy atom. The fourth-order valence-corrected chi connectivity index (χ4v) is 3.02. The van der Waals surface area contributed by atoms with Gasteiger partial charge in [0.15, 0.2) is 0 Å². The van der Waals surface area contributed by atoms with Gasteiger partial charge >= 0.3 is 0 Å². The summed E-state index contributed by atoms with van der Waals surface area (Å²) < 4.78 is 31.9. The summed E-state index contributed by atoms with van der Waals surface area (Å²) in [5.41, 5.74) is 1.11. The molecule has 1 aromatic carbocycles. The minimum absolute atomic E-state index is 0.314. The van der Waals surface area contributed by atoms with Gasteiger partial charge in [-0.2, -0.15) is 0 Å². The second-order valence-electron chi connectivity index (χ2n) is 5.25. The minimum atomic E-state index is -3.41.